The third kappa shape index (κ3) is 3.45. The number of anilines is 1. The molecule has 1 fully saturated rings. The molecule has 0 spiro atoms. The van der Waals surface area contributed by atoms with Gasteiger partial charge >= 0.3 is 0 Å². The second-order valence-electron chi connectivity index (χ2n) is 4.82. The summed E-state index contributed by atoms with van der Waals surface area (Å²) < 4.78 is 5.71. The molecule has 1 aromatic rings. The minimum Gasteiger partial charge on any atom is -0.381 e. The first-order valence-corrected chi connectivity index (χ1v) is 7.15. The van der Waals surface area contributed by atoms with Crippen molar-refractivity contribution in [3.8, 4) is 0 Å². The van der Waals surface area contributed by atoms with E-state index in [1.54, 1.807) is 12.1 Å². The van der Waals surface area contributed by atoms with Crippen LogP contribution in [0.3, 0.4) is 0 Å². The van der Waals surface area contributed by atoms with E-state index in [1.807, 2.05) is 0 Å². The molecule has 1 aromatic carbocycles. The van der Waals surface area contributed by atoms with Crippen molar-refractivity contribution in [3.63, 3.8) is 0 Å². The second kappa shape index (κ2) is 5.87. The van der Waals surface area contributed by atoms with E-state index in [1.165, 1.54) is 0 Å². The molecular weight excluding hydrogens is 293 g/mol. The monoisotopic (exact) mass is 307 g/mol. The standard InChI is InChI=1S/C13H16Cl3NO/c1-7-3-9(4-8(2)18-7)17-13-6-11(15)10(14)5-12(13)16/h5-9,17H,3-4H2,1-2H3. The van der Waals surface area contributed by atoms with Gasteiger partial charge in [0.05, 0.1) is 33.0 Å². The van der Waals surface area contributed by atoms with Crippen LogP contribution in [0.2, 0.25) is 15.1 Å². The van der Waals surface area contributed by atoms with E-state index in [9.17, 15) is 0 Å². The molecule has 1 N–H and O–H groups in total. The summed E-state index contributed by atoms with van der Waals surface area (Å²) in [6, 6.07) is 3.79. The van der Waals surface area contributed by atoms with E-state index in [-0.39, 0.29) is 12.2 Å². The lowest BCUT2D eigenvalue weighted by atomic mass is 9.99. The number of nitrogens with one attached hydrogen (secondary N) is 1. The van der Waals surface area contributed by atoms with E-state index in [0.29, 0.717) is 21.1 Å². The molecule has 2 rings (SSSR count). The molecule has 2 atom stereocenters. The summed E-state index contributed by atoms with van der Waals surface area (Å²) in [6.45, 7) is 4.17. The van der Waals surface area contributed by atoms with Crippen LogP contribution in [0, 0.1) is 0 Å². The van der Waals surface area contributed by atoms with Gasteiger partial charge in [0.25, 0.3) is 0 Å². The van der Waals surface area contributed by atoms with Gasteiger partial charge in [0.1, 0.15) is 0 Å². The van der Waals surface area contributed by atoms with Gasteiger partial charge in [0, 0.05) is 6.04 Å². The molecule has 2 unspecified atom stereocenters. The smallest absolute Gasteiger partial charge is 0.0653 e. The van der Waals surface area contributed by atoms with Crippen molar-refractivity contribution in [2.24, 2.45) is 0 Å². The van der Waals surface area contributed by atoms with Crippen LogP contribution in [0.15, 0.2) is 12.1 Å². The lowest BCUT2D eigenvalue weighted by molar-refractivity contribution is -0.0337. The average Bonchev–Trinajstić information content (AvgIpc) is 2.24. The van der Waals surface area contributed by atoms with E-state index in [0.717, 1.165) is 18.5 Å². The predicted octanol–water partition coefficient (Wildman–Crippen LogP) is 5.01. The van der Waals surface area contributed by atoms with Crippen molar-refractivity contribution < 1.29 is 4.74 Å². The second-order valence-corrected chi connectivity index (χ2v) is 6.04. The highest BCUT2D eigenvalue weighted by Crippen LogP contribution is 2.34. The highest BCUT2D eigenvalue weighted by Gasteiger charge is 2.24. The molecule has 1 aliphatic heterocycles. The third-order valence-electron chi connectivity index (χ3n) is 3.07. The van der Waals surface area contributed by atoms with Gasteiger partial charge in [-0.1, -0.05) is 34.8 Å². The van der Waals surface area contributed by atoms with Crippen molar-refractivity contribution >= 4 is 40.5 Å². The summed E-state index contributed by atoms with van der Waals surface area (Å²) in [4.78, 5) is 0. The van der Waals surface area contributed by atoms with Gasteiger partial charge in [-0.3, -0.25) is 0 Å². The number of benzene rings is 1. The van der Waals surface area contributed by atoms with Crippen molar-refractivity contribution in [1.82, 2.24) is 0 Å². The molecule has 0 saturated carbocycles. The molecule has 5 heteroatoms. The van der Waals surface area contributed by atoms with Gasteiger partial charge in [-0.2, -0.15) is 0 Å². The number of ether oxygens (including phenoxy) is 1. The molecular formula is C13H16Cl3NO. The van der Waals surface area contributed by atoms with Crippen LogP contribution in [-0.4, -0.2) is 18.2 Å². The summed E-state index contributed by atoms with van der Waals surface area (Å²) in [5, 5.41) is 5.00. The lowest BCUT2D eigenvalue weighted by Crippen LogP contribution is -2.36. The van der Waals surface area contributed by atoms with Crippen LogP contribution in [0.5, 0.6) is 0 Å². The largest absolute Gasteiger partial charge is 0.381 e. The van der Waals surface area contributed by atoms with Crippen molar-refractivity contribution in [3.05, 3.63) is 27.2 Å². The van der Waals surface area contributed by atoms with Crippen molar-refractivity contribution in [2.45, 2.75) is 44.9 Å². The number of hydrogen-bond donors (Lipinski definition) is 1. The molecule has 1 aliphatic rings. The average molecular weight is 309 g/mol. The Kier molecular flexibility index (Phi) is 4.65. The Morgan fingerprint density at radius 3 is 2.17 bits per heavy atom. The number of hydrogen-bond acceptors (Lipinski definition) is 2. The van der Waals surface area contributed by atoms with Gasteiger partial charge in [0.15, 0.2) is 0 Å². The van der Waals surface area contributed by atoms with Gasteiger partial charge in [-0.05, 0) is 38.8 Å². The van der Waals surface area contributed by atoms with Crippen LogP contribution < -0.4 is 5.32 Å². The summed E-state index contributed by atoms with van der Waals surface area (Å²) in [5.41, 5.74) is 0.831. The van der Waals surface area contributed by atoms with Gasteiger partial charge < -0.3 is 10.1 Å². The van der Waals surface area contributed by atoms with E-state index >= 15 is 0 Å². The van der Waals surface area contributed by atoms with E-state index in [4.69, 9.17) is 39.5 Å². The molecule has 0 radical (unpaired) electrons. The maximum absolute atomic E-state index is 6.16. The van der Waals surface area contributed by atoms with Crippen LogP contribution in [0.4, 0.5) is 5.69 Å². The molecule has 0 aromatic heterocycles. The topological polar surface area (TPSA) is 21.3 Å². The molecule has 1 saturated heterocycles. The maximum atomic E-state index is 6.16. The zero-order valence-electron chi connectivity index (χ0n) is 10.3. The Hall–Kier alpha value is -0.150. The highest BCUT2D eigenvalue weighted by molar-refractivity contribution is 6.44. The first-order chi connectivity index (χ1) is 8.45. The zero-order chi connectivity index (χ0) is 13.3. The zero-order valence-corrected chi connectivity index (χ0v) is 12.6. The van der Waals surface area contributed by atoms with Crippen LogP contribution in [0.25, 0.3) is 0 Å². The summed E-state index contributed by atoms with van der Waals surface area (Å²) >= 11 is 18.1. The Labute approximate surface area is 123 Å². The van der Waals surface area contributed by atoms with Crippen LogP contribution in [-0.2, 0) is 4.74 Å². The number of rotatable bonds is 2. The molecule has 0 bridgehead atoms. The minimum absolute atomic E-state index is 0.257. The summed E-state index contributed by atoms with van der Waals surface area (Å²) in [6.07, 6.45) is 2.43. The molecule has 0 aliphatic carbocycles. The summed E-state index contributed by atoms with van der Waals surface area (Å²) in [7, 11) is 0. The molecule has 100 valence electrons. The van der Waals surface area contributed by atoms with Crippen LogP contribution >= 0.6 is 34.8 Å². The first-order valence-electron chi connectivity index (χ1n) is 6.02. The van der Waals surface area contributed by atoms with E-state index < -0.39 is 0 Å². The fourth-order valence-electron chi connectivity index (χ4n) is 2.38. The predicted molar refractivity (Wildman–Crippen MR) is 78.1 cm³/mol. The highest BCUT2D eigenvalue weighted by atomic mass is 35.5. The van der Waals surface area contributed by atoms with Crippen LogP contribution in [0.1, 0.15) is 26.7 Å². The normalized spacial score (nSPS) is 28.2. The molecule has 2 nitrogen and oxygen atoms in total. The van der Waals surface area contributed by atoms with Crippen molar-refractivity contribution in [1.29, 1.82) is 0 Å². The van der Waals surface area contributed by atoms with Gasteiger partial charge in [0.2, 0.25) is 0 Å². The van der Waals surface area contributed by atoms with Gasteiger partial charge in [-0.25, -0.2) is 0 Å². The fraction of sp³-hybridized carbons (Fsp3) is 0.538. The number of halogens is 3. The Balaban J connectivity index is 2.11. The maximum Gasteiger partial charge on any atom is 0.0653 e. The Morgan fingerprint density at radius 2 is 1.56 bits per heavy atom. The Morgan fingerprint density at radius 1 is 1.00 bits per heavy atom. The van der Waals surface area contributed by atoms with Crippen molar-refractivity contribution in [2.75, 3.05) is 5.32 Å². The third-order valence-corrected chi connectivity index (χ3v) is 4.10. The minimum atomic E-state index is 0.257. The van der Waals surface area contributed by atoms with Gasteiger partial charge in [-0.15, -0.1) is 0 Å². The molecule has 1 heterocycles. The quantitative estimate of drug-likeness (QED) is 0.775. The summed E-state index contributed by atoms with van der Waals surface area (Å²) in [5.74, 6) is 0. The van der Waals surface area contributed by atoms with E-state index in [2.05, 4.69) is 19.2 Å². The SMILES string of the molecule is CC1CC(Nc2cc(Cl)c(Cl)cc2Cl)CC(C)O1. The molecule has 18 heavy (non-hydrogen) atoms. The fourth-order valence-corrected chi connectivity index (χ4v) is 2.98. The Bertz CT molecular complexity index is 428. The first kappa shape index (κ1) is 14.3. The lowest BCUT2D eigenvalue weighted by Gasteiger charge is -2.33. The molecule has 0 amide bonds.